The van der Waals surface area contributed by atoms with Crippen molar-refractivity contribution >= 4 is 11.8 Å². The highest BCUT2D eigenvalue weighted by molar-refractivity contribution is 6.05. The van der Waals surface area contributed by atoms with Crippen LogP contribution in [0.2, 0.25) is 0 Å². The van der Waals surface area contributed by atoms with Crippen molar-refractivity contribution in [1.29, 1.82) is 0 Å². The number of fused-ring (bicyclic) bond motifs is 1. The van der Waals surface area contributed by atoms with E-state index in [1.165, 1.54) is 0 Å². The zero-order chi connectivity index (χ0) is 13.6. The second kappa shape index (κ2) is 4.17. The summed E-state index contributed by atoms with van der Waals surface area (Å²) in [6.07, 6.45) is 1.43. The van der Waals surface area contributed by atoms with Gasteiger partial charge in [-0.2, -0.15) is 0 Å². The zero-order valence-electron chi connectivity index (χ0n) is 10.9. The molecule has 1 aliphatic carbocycles. The molecule has 0 aromatic heterocycles. The molecule has 3 rings (SSSR count). The fourth-order valence-electron chi connectivity index (χ4n) is 3.64. The van der Waals surface area contributed by atoms with Crippen LogP contribution < -0.4 is 0 Å². The van der Waals surface area contributed by atoms with Gasteiger partial charge >= 0.3 is 5.97 Å². The van der Waals surface area contributed by atoms with E-state index in [9.17, 15) is 14.7 Å². The van der Waals surface area contributed by atoms with Crippen molar-refractivity contribution < 1.29 is 14.7 Å². The Balaban J connectivity index is 2.07. The smallest absolute Gasteiger partial charge is 0.308 e. The molecule has 1 heterocycles. The van der Waals surface area contributed by atoms with E-state index in [4.69, 9.17) is 0 Å². The molecule has 4 nitrogen and oxygen atoms in total. The average molecular weight is 259 g/mol. The molecule has 1 saturated heterocycles. The van der Waals surface area contributed by atoms with Crippen LogP contribution in [-0.2, 0) is 11.2 Å². The molecule has 0 amide bonds. The van der Waals surface area contributed by atoms with E-state index in [0.29, 0.717) is 19.5 Å². The topological polar surface area (TPSA) is 57.6 Å². The maximum Gasteiger partial charge on any atom is 0.308 e. The third-order valence-electron chi connectivity index (χ3n) is 4.57. The van der Waals surface area contributed by atoms with Gasteiger partial charge in [0.25, 0.3) is 0 Å². The molecule has 19 heavy (non-hydrogen) atoms. The Kier molecular flexibility index (Phi) is 2.71. The number of ketones is 1. The molecule has 1 fully saturated rings. The first-order valence-electron chi connectivity index (χ1n) is 6.59. The number of carbonyl (C=O) groups is 2. The van der Waals surface area contributed by atoms with E-state index in [1.807, 2.05) is 36.2 Å². The van der Waals surface area contributed by atoms with Gasteiger partial charge in [-0.05, 0) is 25.5 Å². The molecular weight excluding hydrogens is 242 g/mol. The molecule has 1 aromatic carbocycles. The number of nitrogens with zero attached hydrogens (tertiary/aromatic N) is 1. The predicted molar refractivity (Wildman–Crippen MR) is 70.1 cm³/mol. The quantitative estimate of drug-likeness (QED) is 0.829. The minimum Gasteiger partial charge on any atom is -0.481 e. The first-order chi connectivity index (χ1) is 9.04. The van der Waals surface area contributed by atoms with Crippen LogP contribution in [0.4, 0.5) is 0 Å². The van der Waals surface area contributed by atoms with Gasteiger partial charge in [0.05, 0.1) is 11.3 Å². The van der Waals surface area contributed by atoms with Crippen molar-refractivity contribution in [3.05, 3.63) is 35.4 Å². The Morgan fingerprint density at radius 3 is 2.89 bits per heavy atom. The number of benzene rings is 1. The largest absolute Gasteiger partial charge is 0.481 e. The molecule has 1 aromatic rings. The van der Waals surface area contributed by atoms with Crippen LogP contribution in [0.25, 0.3) is 0 Å². The van der Waals surface area contributed by atoms with Crippen molar-refractivity contribution in [3.63, 3.8) is 0 Å². The number of aliphatic carboxylic acids is 1. The van der Waals surface area contributed by atoms with Crippen molar-refractivity contribution in [1.82, 2.24) is 4.90 Å². The lowest BCUT2D eigenvalue weighted by Crippen LogP contribution is -2.45. The van der Waals surface area contributed by atoms with Crippen molar-refractivity contribution in [2.24, 2.45) is 11.3 Å². The summed E-state index contributed by atoms with van der Waals surface area (Å²) in [5, 5.41) is 9.44. The van der Waals surface area contributed by atoms with Crippen LogP contribution in [0.1, 0.15) is 22.3 Å². The molecule has 2 atom stereocenters. The van der Waals surface area contributed by atoms with Gasteiger partial charge < -0.3 is 10.0 Å². The number of carboxylic acids is 1. The first kappa shape index (κ1) is 12.4. The lowest BCUT2D eigenvalue weighted by molar-refractivity contribution is -0.144. The second-order valence-corrected chi connectivity index (χ2v) is 5.73. The number of hydrogen-bond acceptors (Lipinski definition) is 3. The standard InChI is InChI=1S/C15H17NO3/c1-16-8-12(14(18)19)15(9-16)7-6-10-4-2-3-5-11(10)13(15)17/h2-5,12H,6-9H2,1H3,(H,18,19)/t12-,15-/m0/s1. The molecule has 0 bridgehead atoms. The van der Waals surface area contributed by atoms with Crippen LogP contribution >= 0.6 is 0 Å². The maximum absolute atomic E-state index is 12.8. The van der Waals surface area contributed by atoms with Gasteiger partial charge in [-0.1, -0.05) is 24.3 Å². The molecule has 0 radical (unpaired) electrons. The van der Waals surface area contributed by atoms with E-state index < -0.39 is 17.3 Å². The van der Waals surface area contributed by atoms with Crippen molar-refractivity contribution in [3.8, 4) is 0 Å². The van der Waals surface area contributed by atoms with Crippen molar-refractivity contribution in [2.45, 2.75) is 12.8 Å². The van der Waals surface area contributed by atoms with Gasteiger partial charge in [-0.25, -0.2) is 0 Å². The van der Waals surface area contributed by atoms with Gasteiger partial charge in [-0.3, -0.25) is 9.59 Å². The molecule has 4 heteroatoms. The summed E-state index contributed by atoms with van der Waals surface area (Å²) in [5.74, 6) is -1.42. The lowest BCUT2D eigenvalue weighted by Gasteiger charge is -2.35. The Morgan fingerprint density at radius 1 is 1.42 bits per heavy atom. The zero-order valence-corrected chi connectivity index (χ0v) is 10.9. The van der Waals surface area contributed by atoms with Gasteiger partial charge in [0.15, 0.2) is 5.78 Å². The number of likely N-dealkylation sites (tertiary alicyclic amines) is 1. The highest BCUT2D eigenvalue weighted by atomic mass is 16.4. The van der Waals surface area contributed by atoms with E-state index in [0.717, 1.165) is 17.5 Å². The summed E-state index contributed by atoms with van der Waals surface area (Å²) in [5.41, 5.74) is 1.04. The number of carboxylic acid groups (broad SMARTS) is 1. The van der Waals surface area contributed by atoms with Gasteiger partial charge in [-0.15, -0.1) is 0 Å². The number of Topliss-reactive ketones (excluding diaryl/α,β-unsaturated/α-hetero) is 1. The third-order valence-corrected chi connectivity index (χ3v) is 4.57. The highest BCUT2D eigenvalue weighted by Gasteiger charge is 2.55. The fraction of sp³-hybridized carbons (Fsp3) is 0.467. The van der Waals surface area contributed by atoms with Crippen LogP contribution in [0, 0.1) is 11.3 Å². The Morgan fingerprint density at radius 2 is 2.16 bits per heavy atom. The highest BCUT2D eigenvalue weighted by Crippen LogP contribution is 2.45. The molecular formula is C15H17NO3. The number of rotatable bonds is 1. The third kappa shape index (κ3) is 1.70. The first-order valence-corrected chi connectivity index (χ1v) is 6.59. The number of hydrogen-bond donors (Lipinski definition) is 1. The number of carbonyl (C=O) groups excluding carboxylic acids is 1. The minimum atomic E-state index is -0.850. The lowest BCUT2D eigenvalue weighted by atomic mass is 9.65. The molecule has 100 valence electrons. The second-order valence-electron chi connectivity index (χ2n) is 5.73. The Hall–Kier alpha value is -1.68. The van der Waals surface area contributed by atoms with Crippen LogP contribution in [0.15, 0.2) is 24.3 Å². The maximum atomic E-state index is 12.8. The normalized spacial score (nSPS) is 30.6. The Bertz CT molecular complexity index is 554. The molecule has 1 N–H and O–H groups in total. The van der Waals surface area contributed by atoms with Crippen LogP contribution in [-0.4, -0.2) is 41.9 Å². The van der Waals surface area contributed by atoms with E-state index in [2.05, 4.69) is 0 Å². The van der Waals surface area contributed by atoms with E-state index >= 15 is 0 Å². The minimum absolute atomic E-state index is 0.0195. The molecule has 0 unspecified atom stereocenters. The molecule has 1 aliphatic heterocycles. The summed E-state index contributed by atoms with van der Waals surface area (Å²) >= 11 is 0. The van der Waals surface area contributed by atoms with Crippen LogP contribution in [0.3, 0.4) is 0 Å². The fourth-order valence-corrected chi connectivity index (χ4v) is 3.64. The summed E-state index contributed by atoms with van der Waals surface area (Å²) in [7, 11) is 1.89. The summed E-state index contributed by atoms with van der Waals surface area (Å²) in [6.45, 7) is 1.01. The summed E-state index contributed by atoms with van der Waals surface area (Å²) in [6, 6.07) is 7.58. The predicted octanol–water partition coefficient (Wildman–Crippen LogP) is 1.45. The number of aryl methyl sites for hydroxylation is 1. The van der Waals surface area contributed by atoms with Gasteiger partial charge in [0, 0.05) is 18.7 Å². The summed E-state index contributed by atoms with van der Waals surface area (Å²) in [4.78, 5) is 26.3. The molecule has 0 saturated carbocycles. The van der Waals surface area contributed by atoms with Crippen LogP contribution in [0.5, 0.6) is 0 Å². The van der Waals surface area contributed by atoms with E-state index in [1.54, 1.807) is 0 Å². The van der Waals surface area contributed by atoms with Crippen molar-refractivity contribution in [2.75, 3.05) is 20.1 Å². The van der Waals surface area contributed by atoms with Gasteiger partial charge in [0.1, 0.15) is 0 Å². The monoisotopic (exact) mass is 259 g/mol. The van der Waals surface area contributed by atoms with E-state index in [-0.39, 0.29) is 5.78 Å². The summed E-state index contributed by atoms with van der Waals surface area (Å²) < 4.78 is 0. The molecule has 2 aliphatic rings. The SMILES string of the molecule is CN1C[C@@H](C(=O)O)[C@]2(CCc3ccccc3C2=O)C1. The average Bonchev–Trinajstić information content (AvgIpc) is 2.73. The Labute approximate surface area is 112 Å². The van der Waals surface area contributed by atoms with Gasteiger partial charge in [0.2, 0.25) is 0 Å². The molecule has 1 spiro atoms.